The molecule has 2 N–H and O–H groups in total. The van der Waals surface area contributed by atoms with E-state index in [1.54, 1.807) is 0 Å². The zero-order valence-corrected chi connectivity index (χ0v) is 9.77. The molecule has 0 amide bonds. The van der Waals surface area contributed by atoms with Crippen LogP contribution in [0.25, 0.3) is 0 Å². The van der Waals surface area contributed by atoms with E-state index in [9.17, 15) is 0 Å². The quantitative estimate of drug-likeness (QED) is 0.854. The second kappa shape index (κ2) is 4.39. The number of hydrogen-bond acceptors (Lipinski definition) is 2. The number of anilines is 1. The van der Waals surface area contributed by atoms with E-state index in [1.807, 2.05) is 25.1 Å². The number of rotatable bonds is 3. The normalized spacial score (nSPS) is 10.6. The molecule has 16 heavy (non-hydrogen) atoms. The van der Waals surface area contributed by atoms with Crippen LogP contribution in [0.4, 0.5) is 5.82 Å². The maximum atomic E-state index is 6.06. The van der Waals surface area contributed by atoms with Crippen molar-refractivity contribution in [1.29, 1.82) is 0 Å². The molecule has 0 radical (unpaired) electrons. The first-order valence-electron chi connectivity index (χ1n) is 5.57. The van der Waals surface area contributed by atoms with E-state index in [0.29, 0.717) is 0 Å². The highest BCUT2D eigenvalue weighted by atomic mass is 15.1. The third kappa shape index (κ3) is 1.94. The molecule has 3 nitrogen and oxygen atoms in total. The van der Waals surface area contributed by atoms with Gasteiger partial charge in [0.15, 0.2) is 0 Å². The van der Waals surface area contributed by atoms with Gasteiger partial charge in [-0.3, -0.25) is 0 Å². The number of imidazole rings is 1. The van der Waals surface area contributed by atoms with Crippen molar-refractivity contribution in [3.05, 3.63) is 47.4 Å². The van der Waals surface area contributed by atoms with Gasteiger partial charge >= 0.3 is 0 Å². The molecule has 0 aliphatic rings. The van der Waals surface area contributed by atoms with Crippen molar-refractivity contribution in [3.8, 4) is 0 Å². The highest BCUT2D eigenvalue weighted by Gasteiger charge is 2.09. The number of nitrogens with zero attached hydrogens (tertiary/aromatic N) is 2. The van der Waals surface area contributed by atoms with Gasteiger partial charge in [-0.15, -0.1) is 0 Å². The molecule has 0 aliphatic carbocycles. The predicted octanol–water partition coefficient (Wildman–Crippen LogP) is 2.38. The Morgan fingerprint density at radius 3 is 2.50 bits per heavy atom. The van der Waals surface area contributed by atoms with Crippen molar-refractivity contribution in [2.75, 3.05) is 5.73 Å². The van der Waals surface area contributed by atoms with Crippen molar-refractivity contribution in [3.63, 3.8) is 0 Å². The molecule has 0 fully saturated rings. The Bertz CT molecular complexity index is 471. The first kappa shape index (κ1) is 10.7. The van der Waals surface area contributed by atoms with Gasteiger partial charge < -0.3 is 10.3 Å². The van der Waals surface area contributed by atoms with E-state index in [0.717, 1.165) is 30.3 Å². The van der Waals surface area contributed by atoms with E-state index in [2.05, 4.69) is 28.6 Å². The third-order valence-corrected chi connectivity index (χ3v) is 2.79. The van der Waals surface area contributed by atoms with Gasteiger partial charge in [-0.25, -0.2) is 4.98 Å². The van der Waals surface area contributed by atoms with Gasteiger partial charge in [0.05, 0.1) is 12.2 Å². The van der Waals surface area contributed by atoms with Crippen LogP contribution in [0.5, 0.6) is 0 Å². The number of hydrogen-bond donors (Lipinski definition) is 1. The zero-order valence-electron chi connectivity index (χ0n) is 9.77. The number of aryl methyl sites for hydroxylation is 2. The fraction of sp³-hybridized carbons (Fsp3) is 0.308. The van der Waals surface area contributed by atoms with Gasteiger partial charge in [0.2, 0.25) is 0 Å². The summed E-state index contributed by atoms with van der Waals surface area (Å²) in [7, 11) is 0. The Hall–Kier alpha value is -1.77. The molecule has 2 aromatic rings. The molecule has 1 aromatic carbocycles. The first-order chi connectivity index (χ1) is 7.72. The van der Waals surface area contributed by atoms with Crippen molar-refractivity contribution in [1.82, 2.24) is 9.55 Å². The van der Waals surface area contributed by atoms with Crippen LogP contribution < -0.4 is 5.73 Å². The van der Waals surface area contributed by atoms with E-state index in [-0.39, 0.29) is 0 Å². The van der Waals surface area contributed by atoms with Crippen LogP contribution in [0, 0.1) is 6.92 Å². The SMILES string of the molecule is CCc1nc(C)n(Cc2ccccc2)c1N. The first-order valence-corrected chi connectivity index (χ1v) is 5.57. The highest BCUT2D eigenvalue weighted by Crippen LogP contribution is 2.16. The topological polar surface area (TPSA) is 43.8 Å². The standard InChI is InChI=1S/C13H17N3/c1-3-12-13(14)16(10(2)15-12)9-11-7-5-4-6-8-11/h4-8H,3,9,14H2,1-2H3. The van der Waals surface area contributed by atoms with Crippen LogP contribution >= 0.6 is 0 Å². The zero-order chi connectivity index (χ0) is 11.5. The summed E-state index contributed by atoms with van der Waals surface area (Å²) in [4.78, 5) is 4.46. The molecule has 1 aromatic heterocycles. The second-order valence-electron chi connectivity index (χ2n) is 3.92. The summed E-state index contributed by atoms with van der Waals surface area (Å²) in [6.07, 6.45) is 0.883. The lowest BCUT2D eigenvalue weighted by atomic mass is 10.2. The summed E-state index contributed by atoms with van der Waals surface area (Å²) in [6, 6.07) is 10.3. The molecule has 0 spiro atoms. The van der Waals surface area contributed by atoms with Gasteiger partial charge in [0.25, 0.3) is 0 Å². The Morgan fingerprint density at radius 1 is 1.25 bits per heavy atom. The van der Waals surface area contributed by atoms with Crippen molar-refractivity contribution < 1.29 is 0 Å². The van der Waals surface area contributed by atoms with Crippen LogP contribution in [0.3, 0.4) is 0 Å². The molecule has 0 saturated carbocycles. The summed E-state index contributed by atoms with van der Waals surface area (Å²) in [6.45, 7) is 4.87. The molecule has 1 heterocycles. The van der Waals surface area contributed by atoms with Gasteiger partial charge in [-0.1, -0.05) is 37.3 Å². The van der Waals surface area contributed by atoms with Crippen LogP contribution in [0.2, 0.25) is 0 Å². The van der Waals surface area contributed by atoms with Crippen molar-refractivity contribution in [2.45, 2.75) is 26.8 Å². The largest absolute Gasteiger partial charge is 0.384 e. The molecule has 0 unspecified atom stereocenters. The summed E-state index contributed by atoms with van der Waals surface area (Å²) in [5.41, 5.74) is 8.30. The Balaban J connectivity index is 2.31. The number of aromatic nitrogens is 2. The van der Waals surface area contributed by atoms with Crippen LogP contribution in [-0.4, -0.2) is 9.55 Å². The Labute approximate surface area is 95.9 Å². The monoisotopic (exact) mass is 215 g/mol. The highest BCUT2D eigenvalue weighted by molar-refractivity contribution is 5.39. The van der Waals surface area contributed by atoms with Gasteiger partial charge in [-0.2, -0.15) is 0 Å². The molecule has 84 valence electrons. The minimum Gasteiger partial charge on any atom is -0.384 e. The fourth-order valence-electron chi connectivity index (χ4n) is 1.87. The molecule has 0 atom stereocenters. The van der Waals surface area contributed by atoms with Gasteiger partial charge in [0, 0.05) is 0 Å². The average molecular weight is 215 g/mol. The maximum absolute atomic E-state index is 6.06. The Morgan fingerprint density at radius 2 is 1.94 bits per heavy atom. The minimum absolute atomic E-state index is 0.795. The van der Waals surface area contributed by atoms with Gasteiger partial charge in [0.1, 0.15) is 11.6 Å². The van der Waals surface area contributed by atoms with Gasteiger partial charge in [-0.05, 0) is 18.9 Å². The average Bonchev–Trinajstić information content (AvgIpc) is 2.58. The van der Waals surface area contributed by atoms with Crippen molar-refractivity contribution in [2.24, 2.45) is 0 Å². The molecular formula is C13H17N3. The fourth-order valence-corrected chi connectivity index (χ4v) is 1.87. The Kier molecular flexibility index (Phi) is 2.95. The third-order valence-electron chi connectivity index (χ3n) is 2.79. The summed E-state index contributed by atoms with van der Waals surface area (Å²) >= 11 is 0. The molecule has 0 aliphatic heterocycles. The molecular weight excluding hydrogens is 198 g/mol. The summed E-state index contributed by atoms with van der Waals surface area (Å²) in [5, 5.41) is 0. The maximum Gasteiger partial charge on any atom is 0.127 e. The van der Waals surface area contributed by atoms with E-state index in [4.69, 9.17) is 5.73 Å². The molecule has 0 saturated heterocycles. The number of benzene rings is 1. The summed E-state index contributed by atoms with van der Waals surface area (Å²) < 4.78 is 2.06. The summed E-state index contributed by atoms with van der Waals surface area (Å²) in [5.74, 6) is 1.78. The molecule has 3 heteroatoms. The lowest BCUT2D eigenvalue weighted by Gasteiger charge is -2.07. The minimum atomic E-state index is 0.795. The van der Waals surface area contributed by atoms with Crippen LogP contribution in [0.15, 0.2) is 30.3 Å². The van der Waals surface area contributed by atoms with E-state index >= 15 is 0 Å². The lowest BCUT2D eigenvalue weighted by Crippen LogP contribution is -2.06. The molecule has 2 rings (SSSR count). The van der Waals surface area contributed by atoms with Crippen LogP contribution in [0.1, 0.15) is 24.0 Å². The van der Waals surface area contributed by atoms with E-state index in [1.165, 1.54) is 5.56 Å². The second-order valence-corrected chi connectivity index (χ2v) is 3.92. The molecule has 0 bridgehead atoms. The van der Waals surface area contributed by atoms with Crippen molar-refractivity contribution >= 4 is 5.82 Å². The smallest absolute Gasteiger partial charge is 0.127 e. The van der Waals surface area contributed by atoms with Crippen LogP contribution in [-0.2, 0) is 13.0 Å². The predicted molar refractivity (Wildman–Crippen MR) is 66.3 cm³/mol. The lowest BCUT2D eigenvalue weighted by molar-refractivity contribution is 0.771. The number of nitrogens with two attached hydrogens (primary N) is 1. The number of nitrogen functional groups attached to an aromatic ring is 1. The van der Waals surface area contributed by atoms with E-state index < -0.39 is 0 Å².